The van der Waals surface area contributed by atoms with Gasteiger partial charge in [-0.1, -0.05) is 6.92 Å². The van der Waals surface area contributed by atoms with E-state index in [4.69, 9.17) is 4.74 Å². The van der Waals surface area contributed by atoms with Gasteiger partial charge in [-0.25, -0.2) is 9.97 Å². The molecule has 1 unspecified atom stereocenters. The number of aromatic nitrogens is 5. The summed E-state index contributed by atoms with van der Waals surface area (Å²) >= 11 is 0. The van der Waals surface area contributed by atoms with Crippen LogP contribution in [0.25, 0.3) is 11.0 Å². The van der Waals surface area contributed by atoms with Crippen molar-refractivity contribution in [1.29, 1.82) is 0 Å². The topological polar surface area (TPSA) is 99.8 Å². The van der Waals surface area contributed by atoms with Gasteiger partial charge in [-0.05, 0) is 24.6 Å². The highest BCUT2D eigenvalue weighted by Crippen LogP contribution is 2.22. The Morgan fingerprint density at radius 1 is 1.44 bits per heavy atom. The minimum absolute atomic E-state index is 0.0193. The molecule has 2 aromatic heterocycles. The third kappa shape index (κ3) is 3.12. The second-order valence-electron chi connectivity index (χ2n) is 6.14. The summed E-state index contributed by atoms with van der Waals surface area (Å²) in [7, 11) is 0. The lowest BCUT2D eigenvalue weighted by atomic mass is 10.1. The van der Waals surface area contributed by atoms with Crippen LogP contribution in [-0.4, -0.2) is 55.7 Å². The molecule has 0 saturated carbocycles. The molecule has 25 heavy (non-hydrogen) atoms. The number of rotatable bonds is 4. The first-order valence-corrected chi connectivity index (χ1v) is 8.50. The molecule has 2 N–H and O–H groups in total. The Balaban J connectivity index is 1.50. The maximum atomic E-state index is 12.8. The highest BCUT2D eigenvalue weighted by Gasteiger charge is 2.28. The number of ether oxygens (including phenoxy) is 1. The van der Waals surface area contributed by atoms with Crippen molar-refractivity contribution in [2.24, 2.45) is 0 Å². The second kappa shape index (κ2) is 6.64. The van der Waals surface area contributed by atoms with E-state index in [1.54, 1.807) is 11.2 Å². The van der Waals surface area contributed by atoms with Crippen LogP contribution in [0.3, 0.4) is 0 Å². The maximum Gasteiger partial charge on any atom is 0.254 e. The fraction of sp³-hybridized carbons (Fsp3) is 0.412. The van der Waals surface area contributed by atoms with E-state index in [0.717, 1.165) is 29.7 Å². The van der Waals surface area contributed by atoms with Gasteiger partial charge in [-0.3, -0.25) is 9.89 Å². The van der Waals surface area contributed by atoms with Crippen molar-refractivity contribution in [2.45, 2.75) is 25.9 Å². The SMILES string of the molecule is CCCc1nc(C2CN(C(=O)c3ccc4nc[nH]c4c3)CCO2)n[nH]1. The summed E-state index contributed by atoms with van der Waals surface area (Å²) in [6, 6.07) is 5.49. The van der Waals surface area contributed by atoms with Crippen LogP contribution in [0.1, 0.15) is 41.5 Å². The Bertz CT molecular complexity index is 886. The number of hydrogen-bond acceptors (Lipinski definition) is 5. The molecular weight excluding hydrogens is 320 g/mol. The minimum Gasteiger partial charge on any atom is -0.366 e. The van der Waals surface area contributed by atoms with E-state index in [9.17, 15) is 4.79 Å². The third-order valence-corrected chi connectivity index (χ3v) is 4.34. The lowest BCUT2D eigenvalue weighted by Gasteiger charge is -2.31. The first-order chi connectivity index (χ1) is 12.2. The standard InChI is InChI=1S/C17H20N6O2/c1-2-3-15-20-16(22-21-15)14-9-23(6-7-25-14)17(24)11-4-5-12-13(8-11)19-10-18-12/h4-5,8,10,14H,2-3,6-7,9H2,1H3,(H,18,19)(H,20,21,22). The van der Waals surface area contributed by atoms with E-state index in [2.05, 4.69) is 32.1 Å². The molecule has 1 fully saturated rings. The molecular formula is C17H20N6O2. The number of H-pyrrole nitrogens is 2. The summed E-state index contributed by atoms with van der Waals surface area (Å²) in [5.41, 5.74) is 2.34. The quantitative estimate of drug-likeness (QED) is 0.755. The van der Waals surface area contributed by atoms with E-state index in [-0.39, 0.29) is 12.0 Å². The highest BCUT2D eigenvalue weighted by atomic mass is 16.5. The molecule has 4 rings (SSSR count). The molecule has 8 heteroatoms. The van der Waals surface area contributed by atoms with Crippen LogP contribution in [0.4, 0.5) is 0 Å². The Hall–Kier alpha value is -2.74. The van der Waals surface area contributed by atoms with Crippen molar-refractivity contribution in [3.05, 3.63) is 41.7 Å². The third-order valence-electron chi connectivity index (χ3n) is 4.34. The molecule has 0 aliphatic carbocycles. The molecule has 130 valence electrons. The summed E-state index contributed by atoms with van der Waals surface area (Å²) in [5.74, 6) is 1.45. The monoisotopic (exact) mass is 340 g/mol. The molecule has 0 radical (unpaired) electrons. The van der Waals surface area contributed by atoms with Crippen LogP contribution in [0.2, 0.25) is 0 Å². The van der Waals surface area contributed by atoms with Gasteiger partial charge in [0.2, 0.25) is 0 Å². The highest BCUT2D eigenvalue weighted by molar-refractivity contribution is 5.97. The van der Waals surface area contributed by atoms with Crippen molar-refractivity contribution in [2.75, 3.05) is 19.7 Å². The molecule has 1 atom stereocenters. The van der Waals surface area contributed by atoms with E-state index in [1.807, 2.05) is 18.2 Å². The Kier molecular flexibility index (Phi) is 4.19. The van der Waals surface area contributed by atoms with Crippen LogP contribution in [-0.2, 0) is 11.2 Å². The van der Waals surface area contributed by atoms with Gasteiger partial charge < -0.3 is 14.6 Å². The van der Waals surface area contributed by atoms with Crippen LogP contribution >= 0.6 is 0 Å². The molecule has 8 nitrogen and oxygen atoms in total. The average molecular weight is 340 g/mol. The van der Waals surface area contributed by atoms with Gasteiger partial charge in [0, 0.05) is 18.5 Å². The zero-order chi connectivity index (χ0) is 17.2. The maximum absolute atomic E-state index is 12.8. The number of hydrogen-bond donors (Lipinski definition) is 2. The Morgan fingerprint density at radius 2 is 2.36 bits per heavy atom. The van der Waals surface area contributed by atoms with E-state index in [0.29, 0.717) is 31.1 Å². The number of carbonyl (C=O) groups is 1. The summed E-state index contributed by atoms with van der Waals surface area (Å²) in [6.07, 6.45) is 3.18. The Labute approximate surface area is 144 Å². The Morgan fingerprint density at radius 3 is 3.24 bits per heavy atom. The van der Waals surface area contributed by atoms with Crippen LogP contribution < -0.4 is 0 Å². The van der Waals surface area contributed by atoms with Crippen molar-refractivity contribution >= 4 is 16.9 Å². The predicted octanol–water partition coefficient (Wildman–Crippen LogP) is 1.85. The lowest BCUT2D eigenvalue weighted by molar-refractivity contribution is -0.0266. The fourth-order valence-electron chi connectivity index (χ4n) is 3.04. The first-order valence-electron chi connectivity index (χ1n) is 8.50. The number of aromatic amines is 2. The summed E-state index contributed by atoms with van der Waals surface area (Å²) in [6.45, 7) is 3.57. The molecule has 1 amide bonds. The van der Waals surface area contributed by atoms with Gasteiger partial charge in [0.1, 0.15) is 11.9 Å². The van der Waals surface area contributed by atoms with Gasteiger partial charge in [0.25, 0.3) is 5.91 Å². The van der Waals surface area contributed by atoms with Gasteiger partial charge >= 0.3 is 0 Å². The zero-order valence-electron chi connectivity index (χ0n) is 14.0. The number of aryl methyl sites for hydroxylation is 1. The van der Waals surface area contributed by atoms with Crippen molar-refractivity contribution in [3.8, 4) is 0 Å². The minimum atomic E-state index is -0.296. The number of nitrogens with one attached hydrogen (secondary N) is 2. The number of benzene rings is 1. The van der Waals surface area contributed by atoms with Crippen molar-refractivity contribution in [3.63, 3.8) is 0 Å². The largest absolute Gasteiger partial charge is 0.366 e. The second-order valence-corrected chi connectivity index (χ2v) is 6.14. The molecule has 1 saturated heterocycles. The number of imidazole rings is 1. The van der Waals surface area contributed by atoms with Crippen molar-refractivity contribution < 1.29 is 9.53 Å². The zero-order valence-corrected chi connectivity index (χ0v) is 14.0. The number of carbonyl (C=O) groups excluding carboxylic acids is 1. The molecule has 3 heterocycles. The average Bonchev–Trinajstić information content (AvgIpc) is 3.30. The van der Waals surface area contributed by atoms with E-state index < -0.39 is 0 Å². The smallest absolute Gasteiger partial charge is 0.254 e. The summed E-state index contributed by atoms with van der Waals surface area (Å²) in [5, 5.41) is 7.19. The van der Waals surface area contributed by atoms with Crippen LogP contribution in [0, 0.1) is 0 Å². The van der Waals surface area contributed by atoms with Gasteiger partial charge in [-0.2, -0.15) is 5.10 Å². The number of nitrogens with zero attached hydrogens (tertiary/aromatic N) is 4. The van der Waals surface area contributed by atoms with Gasteiger partial charge in [0.15, 0.2) is 5.82 Å². The van der Waals surface area contributed by atoms with Gasteiger partial charge in [0.05, 0.1) is 30.5 Å². The first kappa shape index (κ1) is 15.8. The molecule has 3 aromatic rings. The van der Waals surface area contributed by atoms with Gasteiger partial charge in [-0.15, -0.1) is 0 Å². The molecule has 1 aromatic carbocycles. The number of morpholine rings is 1. The molecule has 0 spiro atoms. The summed E-state index contributed by atoms with van der Waals surface area (Å²) < 4.78 is 5.77. The fourth-order valence-corrected chi connectivity index (χ4v) is 3.04. The number of amides is 1. The lowest BCUT2D eigenvalue weighted by Crippen LogP contribution is -2.42. The van der Waals surface area contributed by atoms with E-state index in [1.165, 1.54) is 0 Å². The predicted molar refractivity (Wildman–Crippen MR) is 91.1 cm³/mol. The number of fused-ring (bicyclic) bond motifs is 1. The summed E-state index contributed by atoms with van der Waals surface area (Å²) in [4.78, 5) is 26.3. The van der Waals surface area contributed by atoms with Crippen LogP contribution in [0.5, 0.6) is 0 Å². The molecule has 1 aliphatic heterocycles. The molecule has 0 bridgehead atoms. The van der Waals surface area contributed by atoms with Crippen LogP contribution in [0.15, 0.2) is 24.5 Å². The van der Waals surface area contributed by atoms with Crippen molar-refractivity contribution in [1.82, 2.24) is 30.0 Å². The molecule has 1 aliphatic rings. The normalized spacial score (nSPS) is 18.0. The van der Waals surface area contributed by atoms with E-state index >= 15 is 0 Å².